The zero-order valence-electron chi connectivity index (χ0n) is 12.0. The Morgan fingerprint density at radius 3 is 2.90 bits per heavy atom. The third-order valence-electron chi connectivity index (χ3n) is 4.14. The monoisotopic (exact) mass is 324 g/mol. The molecule has 1 aliphatic rings. The lowest BCUT2D eigenvalue weighted by atomic mass is 10.1. The molecule has 1 fully saturated rings. The summed E-state index contributed by atoms with van der Waals surface area (Å²) in [5, 5.41) is 10.2. The van der Waals surface area contributed by atoms with Crippen LogP contribution in [-0.2, 0) is 11.3 Å². The number of halogens is 1. The molecular weight excluding hydrogens is 308 g/mol. The molecule has 0 saturated heterocycles. The SMILES string of the molecule is CC1(C)CC1Cn1c(SCC(=O)O)nc2c(Cl)cccc21. The number of aliphatic carboxylic acids is 1. The molecular formula is C15H17ClN2O2S. The Morgan fingerprint density at radius 1 is 1.57 bits per heavy atom. The second-order valence-electron chi connectivity index (χ2n) is 6.18. The number of fused-ring (bicyclic) bond motifs is 1. The van der Waals surface area contributed by atoms with Crippen LogP contribution in [0, 0.1) is 11.3 Å². The molecule has 1 saturated carbocycles. The molecule has 0 spiro atoms. The summed E-state index contributed by atoms with van der Waals surface area (Å²) >= 11 is 7.47. The van der Waals surface area contributed by atoms with E-state index in [1.54, 1.807) is 0 Å². The van der Waals surface area contributed by atoms with Crippen LogP contribution in [0.2, 0.25) is 5.02 Å². The lowest BCUT2D eigenvalue weighted by molar-refractivity contribution is -0.133. The largest absolute Gasteiger partial charge is 0.481 e. The van der Waals surface area contributed by atoms with E-state index in [0.717, 1.165) is 22.7 Å². The third-order valence-corrected chi connectivity index (χ3v) is 5.41. The van der Waals surface area contributed by atoms with Gasteiger partial charge in [0.15, 0.2) is 5.16 Å². The Labute approximate surface area is 132 Å². The van der Waals surface area contributed by atoms with Crippen molar-refractivity contribution in [3.63, 3.8) is 0 Å². The second-order valence-corrected chi connectivity index (χ2v) is 7.53. The average molecular weight is 325 g/mol. The number of carboxylic acids is 1. The molecule has 0 amide bonds. The summed E-state index contributed by atoms with van der Waals surface area (Å²) in [7, 11) is 0. The number of thioether (sulfide) groups is 1. The van der Waals surface area contributed by atoms with Gasteiger partial charge < -0.3 is 9.67 Å². The van der Waals surface area contributed by atoms with Crippen molar-refractivity contribution in [1.29, 1.82) is 0 Å². The first-order valence-corrected chi connectivity index (χ1v) is 8.24. The highest BCUT2D eigenvalue weighted by Gasteiger charge is 2.45. The van der Waals surface area contributed by atoms with Crippen LogP contribution in [0.25, 0.3) is 11.0 Å². The summed E-state index contributed by atoms with van der Waals surface area (Å²) in [6, 6.07) is 5.72. The van der Waals surface area contributed by atoms with Crippen molar-refractivity contribution in [1.82, 2.24) is 9.55 Å². The van der Waals surface area contributed by atoms with E-state index in [1.807, 2.05) is 18.2 Å². The molecule has 6 heteroatoms. The number of nitrogens with zero attached hydrogens (tertiary/aromatic N) is 2. The van der Waals surface area contributed by atoms with Gasteiger partial charge in [-0.15, -0.1) is 0 Å². The maximum absolute atomic E-state index is 10.8. The van der Waals surface area contributed by atoms with Crippen molar-refractivity contribution in [3.8, 4) is 0 Å². The number of aromatic nitrogens is 2. The minimum absolute atomic E-state index is 0.00893. The number of benzene rings is 1. The summed E-state index contributed by atoms with van der Waals surface area (Å²) < 4.78 is 2.12. The van der Waals surface area contributed by atoms with Crippen LogP contribution in [0.5, 0.6) is 0 Å². The van der Waals surface area contributed by atoms with Crippen molar-refractivity contribution in [2.45, 2.75) is 32.0 Å². The molecule has 1 aliphatic carbocycles. The van der Waals surface area contributed by atoms with E-state index >= 15 is 0 Å². The van der Waals surface area contributed by atoms with Crippen molar-refractivity contribution in [2.75, 3.05) is 5.75 Å². The highest BCUT2D eigenvalue weighted by Crippen LogP contribution is 2.53. The summed E-state index contributed by atoms with van der Waals surface area (Å²) in [4.78, 5) is 15.4. The van der Waals surface area contributed by atoms with E-state index < -0.39 is 5.97 Å². The predicted molar refractivity (Wildman–Crippen MR) is 85.0 cm³/mol. The van der Waals surface area contributed by atoms with Crippen LogP contribution < -0.4 is 0 Å². The number of rotatable bonds is 5. The van der Waals surface area contributed by atoms with Gasteiger partial charge in [0, 0.05) is 6.54 Å². The fourth-order valence-electron chi connectivity index (χ4n) is 2.61. The van der Waals surface area contributed by atoms with Crippen LogP contribution in [0.3, 0.4) is 0 Å². The molecule has 2 aromatic rings. The number of carbonyl (C=O) groups is 1. The van der Waals surface area contributed by atoms with Crippen LogP contribution in [0.1, 0.15) is 20.3 Å². The van der Waals surface area contributed by atoms with Gasteiger partial charge in [0.1, 0.15) is 5.52 Å². The first-order chi connectivity index (χ1) is 9.88. The third kappa shape index (κ3) is 2.90. The Balaban J connectivity index is 1.98. The van der Waals surface area contributed by atoms with Gasteiger partial charge in [-0.2, -0.15) is 0 Å². The Kier molecular flexibility index (Phi) is 3.66. The minimum Gasteiger partial charge on any atom is -0.481 e. The quantitative estimate of drug-likeness (QED) is 0.847. The van der Waals surface area contributed by atoms with Gasteiger partial charge in [-0.05, 0) is 29.9 Å². The van der Waals surface area contributed by atoms with E-state index in [2.05, 4.69) is 23.4 Å². The molecule has 1 aromatic heterocycles. The maximum atomic E-state index is 10.8. The number of carboxylic acid groups (broad SMARTS) is 1. The average Bonchev–Trinajstić information content (AvgIpc) is 2.84. The Bertz CT molecular complexity index is 711. The topological polar surface area (TPSA) is 55.1 Å². The van der Waals surface area contributed by atoms with Crippen LogP contribution in [-0.4, -0.2) is 26.4 Å². The lowest BCUT2D eigenvalue weighted by Gasteiger charge is -2.09. The molecule has 1 aromatic carbocycles. The van der Waals surface area contributed by atoms with E-state index in [1.165, 1.54) is 18.2 Å². The normalized spacial score (nSPS) is 19.9. The molecule has 1 N–H and O–H groups in total. The molecule has 1 unspecified atom stereocenters. The van der Waals surface area contributed by atoms with Gasteiger partial charge in [-0.25, -0.2) is 4.98 Å². The standard InChI is InChI=1S/C15H17ClN2O2S/c1-15(2)6-9(15)7-18-11-5-3-4-10(16)13(11)17-14(18)21-8-12(19)20/h3-5,9H,6-8H2,1-2H3,(H,19,20). The zero-order valence-corrected chi connectivity index (χ0v) is 13.5. The number of hydrogen-bond donors (Lipinski definition) is 1. The molecule has 21 heavy (non-hydrogen) atoms. The molecule has 0 radical (unpaired) electrons. The maximum Gasteiger partial charge on any atom is 0.313 e. The van der Waals surface area contributed by atoms with E-state index in [-0.39, 0.29) is 5.75 Å². The fraction of sp³-hybridized carbons (Fsp3) is 0.467. The molecule has 0 aliphatic heterocycles. The van der Waals surface area contributed by atoms with Gasteiger partial charge in [-0.1, -0.05) is 43.3 Å². The Hall–Kier alpha value is -1.20. The highest BCUT2D eigenvalue weighted by atomic mass is 35.5. The van der Waals surface area contributed by atoms with Gasteiger partial charge in [0.2, 0.25) is 0 Å². The van der Waals surface area contributed by atoms with Gasteiger partial charge in [-0.3, -0.25) is 4.79 Å². The lowest BCUT2D eigenvalue weighted by Crippen LogP contribution is -2.07. The summed E-state index contributed by atoms with van der Waals surface area (Å²) in [5.74, 6) is -0.218. The van der Waals surface area contributed by atoms with E-state index in [9.17, 15) is 4.79 Å². The van der Waals surface area contributed by atoms with Crippen molar-refractivity contribution in [2.24, 2.45) is 11.3 Å². The first-order valence-electron chi connectivity index (χ1n) is 6.88. The molecule has 1 atom stereocenters. The highest BCUT2D eigenvalue weighted by molar-refractivity contribution is 7.99. The fourth-order valence-corrected chi connectivity index (χ4v) is 3.56. The molecule has 4 nitrogen and oxygen atoms in total. The minimum atomic E-state index is -0.837. The van der Waals surface area contributed by atoms with Gasteiger partial charge in [0.05, 0.1) is 16.3 Å². The van der Waals surface area contributed by atoms with Gasteiger partial charge in [0.25, 0.3) is 0 Å². The van der Waals surface area contributed by atoms with Gasteiger partial charge >= 0.3 is 5.97 Å². The van der Waals surface area contributed by atoms with Crippen molar-refractivity contribution < 1.29 is 9.90 Å². The van der Waals surface area contributed by atoms with E-state index in [0.29, 0.717) is 16.4 Å². The smallest absolute Gasteiger partial charge is 0.313 e. The first kappa shape index (κ1) is 14.7. The predicted octanol–water partition coefficient (Wildman–Crippen LogP) is 3.91. The Morgan fingerprint density at radius 2 is 2.29 bits per heavy atom. The number of para-hydroxylation sites is 1. The summed E-state index contributed by atoms with van der Waals surface area (Å²) in [6.07, 6.45) is 1.19. The second kappa shape index (κ2) is 5.21. The van der Waals surface area contributed by atoms with Crippen LogP contribution in [0.15, 0.2) is 23.4 Å². The van der Waals surface area contributed by atoms with E-state index in [4.69, 9.17) is 16.7 Å². The van der Waals surface area contributed by atoms with Crippen LogP contribution in [0.4, 0.5) is 0 Å². The number of hydrogen-bond acceptors (Lipinski definition) is 3. The zero-order chi connectivity index (χ0) is 15.2. The van der Waals surface area contributed by atoms with Crippen molar-refractivity contribution in [3.05, 3.63) is 23.2 Å². The van der Waals surface area contributed by atoms with Crippen molar-refractivity contribution >= 4 is 40.4 Å². The molecule has 112 valence electrons. The number of imidazole rings is 1. The summed E-state index contributed by atoms with van der Waals surface area (Å²) in [5.41, 5.74) is 2.10. The summed E-state index contributed by atoms with van der Waals surface area (Å²) in [6.45, 7) is 5.38. The molecule has 0 bridgehead atoms. The van der Waals surface area contributed by atoms with Crippen LogP contribution >= 0.6 is 23.4 Å². The molecule has 3 rings (SSSR count). The molecule has 1 heterocycles.